The van der Waals surface area contributed by atoms with Gasteiger partial charge in [-0.2, -0.15) is 4.98 Å². The Balaban J connectivity index is 0.00000242. The Labute approximate surface area is 148 Å². The molecule has 8 heteroatoms. The van der Waals surface area contributed by atoms with Gasteiger partial charge in [0.25, 0.3) is 0 Å². The van der Waals surface area contributed by atoms with Crippen molar-refractivity contribution in [3.05, 3.63) is 11.7 Å². The molecule has 1 saturated heterocycles. The van der Waals surface area contributed by atoms with Gasteiger partial charge < -0.3 is 19.5 Å². The molecule has 1 aliphatic heterocycles. The van der Waals surface area contributed by atoms with Crippen molar-refractivity contribution in [2.45, 2.75) is 33.7 Å². The summed E-state index contributed by atoms with van der Waals surface area (Å²) in [5.74, 6) is 2.69. The predicted molar refractivity (Wildman–Crippen MR) is 95.4 cm³/mol. The number of aryl methyl sites for hydroxylation is 1. The van der Waals surface area contributed by atoms with Gasteiger partial charge in [-0.25, -0.2) is 4.99 Å². The highest BCUT2D eigenvalue weighted by atomic mass is 127. The first-order valence-electron chi connectivity index (χ1n) is 7.63. The number of rotatable bonds is 6. The van der Waals surface area contributed by atoms with Crippen LogP contribution in [-0.2, 0) is 11.3 Å². The molecule has 0 bridgehead atoms. The summed E-state index contributed by atoms with van der Waals surface area (Å²) in [5, 5.41) is 7.20. The van der Waals surface area contributed by atoms with Crippen LogP contribution in [0.5, 0.6) is 0 Å². The fourth-order valence-electron chi connectivity index (χ4n) is 2.42. The summed E-state index contributed by atoms with van der Waals surface area (Å²) in [4.78, 5) is 11.1. The van der Waals surface area contributed by atoms with Crippen LogP contribution >= 0.6 is 24.0 Å². The molecule has 0 amide bonds. The number of likely N-dealkylation sites (tertiary alicyclic amines) is 1. The lowest BCUT2D eigenvalue weighted by Crippen LogP contribution is -2.40. The monoisotopic (exact) mass is 423 g/mol. The Morgan fingerprint density at radius 3 is 2.95 bits per heavy atom. The maximum Gasteiger partial charge on any atom is 0.223 e. The lowest BCUT2D eigenvalue weighted by Gasteiger charge is -2.21. The van der Waals surface area contributed by atoms with Crippen molar-refractivity contribution in [3.63, 3.8) is 0 Å². The maximum atomic E-state index is 5.52. The quantitative estimate of drug-likeness (QED) is 0.428. The zero-order chi connectivity index (χ0) is 15.1. The third-order valence-corrected chi connectivity index (χ3v) is 3.42. The number of aromatic nitrogens is 2. The molecule has 0 radical (unpaired) electrons. The van der Waals surface area contributed by atoms with E-state index in [0.717, 1.165) is 45.2 Å². The molecular weight excluding hydrogens is 397 g/mol. The first kappa shape index (κ1) is 19.1. The van der Waals surface area contributed by atoms with Crippen LogP contribution in [0.15, 0.2) is 9.52 Å². The van der Waals surface area contributed by atoms with Gasteiger partial charge in [-0.05, 0) is 20.3 Å². The van der Waals surface area contributed by atoms with Crippen molar-refractivity contribution >= 4 is 29.9 Å². The van der Waals surface area contributed by atoms with Crippen molar-refractivity contribution in [2.24, 2.45) is 10.9 Å². The highest BCUT2D eigenvalue weighted by Crippen LogP contribution is 2.16. The van der Waals surface area contributed by atoms with E-state index >= 15 is 0 Å². The van der Waals surface area contributed by atoms with E-state index in [0.29, 0.717) is 24.2 Å². The van der Waals surface area contributed by atoms with Gasteiger partial charge in [0.15, 0.2) is 11.8 Å². The molecule has 1 unspecified atom stereocenters. The average Bonchev–Trinajstić information content (AvgIpc) is 3.10. The number of aliphatic imine (C=N–C) groups is 1. The fourth-order valence-corrected chi connectivity index (χ4v) is 2.42. The lowest BCUT2D eigenvalue weighted by molar-refractivity contribution is 0.114. The molecule has 0 spiro atoms. The number of hydrogen-bond donors (Lipinski definition) is 1. The van der Waals surface area contributed by atoms with E-state index in [1.807, 2.05) is 6.92 Å². The van der Waals surface area contributed by atoms with Crippen LogP contribution in [0.2, 0.25) is 0 Å². The van der Waals surface area contributed by atoms with Crippen molar-refractivity contribution in [1.29, 1.82) is 0 Å². The van der Waals surface area contributed by atoms with E-state index in [9.17, 15) is 0 Å². The minimum Gasteiger partial charge on any atom is -0.381 e. The van der Waals surface area contributed by atoms with Crippen molar-refractivity contribution in [1.82, 2.24) is 20.4 Å². The summed E-state index contributed by atoms with van der Waals surface area (Å²) in [6, 6.07) is 0. The minimum absolute atomic E-state index is 0. The number of guanidine groups is 1. The van der Waals surface area contributed by atoms with E-state index in [1.165, 1.54) is 0 Å². The summed E-state index contributed by atoms with van der Waals surface area (Å²) >= 11 is 0. The number of hydrogen-bond acceptors (Lipinski definition) is 5. The summed E-state index contributed by atoms with van der Waals surface area (Å²) in [6.07, 6.45) is 1.14. The molecule has 1 fully saturated rings. The molecule has 2 rings (SSSR count). The average molecular weight is 423 g/mol. The normalized spacial score (nSPS) is 18.4. The Morgan fingerprint density at radius 2 is 2.32 bits per heavy atom. The second-order valence-corrected chi connectivity index (χ2v) is 5.16. The second kappa shape index (κ2) is 9.98. The molecule has 0 saturated carbocycles. The standard InChI is InChI=1S/C14H25N5O2.HI/c1-4-15-14(16-8-13-17-11(3)21-18-13)19-7-6-12(9-19)10-20-5-2;/h12H,4-10H2,1-3H3,(H,15,16);1H. The number of nitrogens with zero attached hydrogens (tertiary/aromatic N) is 4. The molecule has 7 nitrogen and oxygen atoms in total. The SMILES string of the molecule is CCNC(=NCc1noc(C)n1)N1CCC(COCC)C1.I. The molecule has 1 aliphatic rings. The van der Waals surface area contributed by atoms with Gasteiger partial charge in [-0.1, -0.05) is 5.16 Å². The molecule has 1 aromatic heterocycles. The van der Waals surface area contributed by atoms with Crippen LogP contribution in [0.3, 0.4) is 0 Å². The number of nitrogens with one attached hydrogen (secondary N) is 1. The zero-order valence-corrected chi connectivity index (χ0v) is 15.9. The molecule has 1 aromatic rings. The summed E-state index contributed by atoms with van der Waals surface area (Å²) in [5.41, 5.74) is 0. The number of ether oxygens (including phenoxy) is 1. The van der Waals surface area contributed by atoms with Crippen molar-refractivity contribution in [2.75, 3.05) is 32.8 Å². The van der Waals surface area contributed by atoms with Gasteiger partial charge in [-0.3, -0.25) is 0 Å². The smallest absolute Gasteiger partial charge is 0.223 e. The maximum absolute atomic E-state index is 5.52. The Hall–Kier alpha value is -0.900. The van der Waals surface area contributed by atoms with Crippen LogP contribution in [0.4, 0.5) is 0 Å². The van der Waals surface area contributed by atoms with Crippen LogP contribution in [0, 0.1) is 12.8 Å². The van der Waals surface area contributed by atoms with Crippen LogP contribution in [-0.4, -0.2) is 53.8 Å². The lowest BCUT2D eigenvalue weighted by atomic mass is 10.1. The fraction of sp³-hybridized carbons (Fsp3) is 0.786. The van der Waals surface area contributed by atoms with E-state index in [4.69, 9.17) is 9.26 Å². The van der Waals surface area contributed by atoms with Crippen molar-refractivity contribution in [3.8, 4) is 0 Å². The van der Waals surface area contributed by atoms with E-state index in [2.05, 4.69) is 32.3 Å². The first-order chi connectivity index (χ1) is 10.2. The van der Waals surface area contributed by atoms with E-state index in [-0.39, 0.29) is 24.0 Å². The summed E-state index contributed by atoms with van der Waals surface area (Å²) < 4.78 is 10.5. The summed E-state index contributed by atoms with van der Waals surface area (Å²) in [6.45, 7) is 10.8. The first-order valence-corrected chi connectivity index (χ1v) is 7.63. The second-order valence-electron chi connectivity index (χ2n) is 5.16. The third kappa shape index (κ3) is 5.71. The topological polar surface area (TPSA) is 75.8 Å². The molecule has 2 heterocycles. The van der Waals surface area contributed by atoms with Gasteiger partial charge in [0, 0.05) is 39.1 Å². The Bertz CT molecular complexity index is 466. The highest BCUT2D eigenvalue weighted by Gasteiger charge is 2.24. The molecular formula is C14H26IN5O2. The van der Waals surface area contributed by atoms with Gasteiger partial charge in [0.1, 0.15) is 6.54 Å². The molecule has 22 heavy (non-hydrogen) atoms. The van der Waals surface area contributed by atoms with Crippen molar-refractivity contribution < 1.29 is 9.26 Å². The molecule has 0 aliphatic carbocycles. The van der Waals surface area contributed by atoms with E-state index < -0.39 is 0 Å². The van der Waals surface area contributed by atoms with Gasteiger partial charge in [0.05, 0.1) is 6.61 Å². The third-order valence-electron chi connectivity index (χ3n) is 3.42. The Morgan fingerprint density at radius 1 is 1.50 bits per heavy atom. The largest absolute Gasteiger partial charge is 0.381 e. The molecule has 126 valence electrons. The predicted octanol–water partition coefficient (Wildman–Crippen LogP) is 1.82. The highest BCUT2D eigenvalue weighted by molar-refractivity contribution is 14.0. The molecule has 0 aromatic carbocycles. The van der Waals surface area contributed by atoms with Gasteiger partial charge >= 0.3 is 0 Å². The van der Waals surface area contributed by atoms with Gasteiger partial charge in [-0.15, -0.1) is 24.0 Å². The minimum atomic E-state index is 0. The van der Waals surface area contributed by atoms with Crippen LogP contribution in [0.25, 0.3) is 0 Å². The number of halogens is 1. The van der Waals surface area contributed by atoms with Gasteiger partial charge in [0.2, 0.25) is 5.89 Å². The van der Waals surface area contributed by atoms with E-state index in [1.54, 1.807) is 6.92 Å². The van der Waals surface area contributed by atoms with Crippen LogP contribution in [0.1, 0.15) is 32.0 Å². The molecule has 1 N–H and O–H groups in total. The Kier molecular flexibility index (Phi) is 8.69. The summed E-state index contributed by atoms with van der Waals surface area (Å²) in [7, 11) is 0. The molecule has 1 atom stereocenters. The zero-order valence-electron chi connectivity index (χ0n) is 13.5. The van der Waals surface area contributed by atoms with Crippen LogP contribution < -0.4 is 5.32 Å².